The van der Waals surface area contributed by atoms with Crippen LogP contribution >= 0.6 is 38.5 Å². The third-order valence-electron chi connectivity index (χ3n) is 3.04. The number of hydrogen-bond donors (Lipinski definition) is 0. The summed E-state index contributed by atoms with van der Waals surface area (Å²) in [5, 5.41) is 1.06. The molecule has 1 aliphatic carbocycles. The molecule has 1 aliphatic rings. The molecule has 1 aromatic carbocycles. The van der Waals surface area contributed by atoms with Crippen LogP contribution in [0, 0.1) is 8.99 Å². The molecule has 2 rings (SSSR count). The van der Waals surface area contributed by atoms with E-state index in [1.165, 1.54) is 22.8 Å². The first-order chi connectivity index (χ1) is 7.24. The van der Waals surface area contributed by atoms with Crippen molar-refractivity contribution in [2.75, 3.05) is 11.9 Å². The molecule has 15 heavy (non-hydrogen) atoms. The van der Waals surface area contributed by atoms with E-state index in [2.05, 4.69) is 50.7 Å². The zero-order valence-corrected chi connectivity index (χ0v) is 12.3. The largest absolute Gasteiger partial charge is 0.493 e. The molecule has 0 N–H and O–H groups in total. The number of alkyl halides is 1. The molecule has 0 heterocycles. The summed E-state index contributed by atoms with van der Waals surface area (Å²) in [5.41, 5.74) is 0.404. The summed E-state index contributed by atoms with van der Waals surface area (Å²) in [4.78, 5) is 0. The van der Waals surface area contributed by atoms with Crippen LogP contribution in [-0.4, -0.2) is 11.9 Å². The highest BCUT2D eigenvalue weighted by Gasteiger charge is 2.36. The summed E-state index contributed by atoms with van der Waals surface area (Å²) >= 11 is 5.90. The maximum Gasteiger partial charge on any atom is 0.120 e. The fourth-order valence-electron chi connectivity index (χ4n) is 1.79. The predicted molar refractivity (Wildman–Crippen MR) is 74.7 cm³/mol. The van der Waals surface area contributed by atoms with E-state index in [0.29, 0.717) is 5.41 Å². The summed E-state index contributed by atoms with van der Waals surface area (Å²) < 4.78 is 7.08. The fourth-order valence-corrected chi connectivity index (χ4v) is 3.02. The number of rotatable bonds is 4. The zero-order valence-electron chi connectivity index (χ0n) is 8.51. The lowest BCUT2D eigenvalue weighted by atomic mass is 9.71. The Bertz CT molecular complexity index is 331. The summed E-state index contributed by atoms with van der Waals surface area (Å²) in [6, 6.07) is 8.24. The molecular formula is C12H14BrIO. The highest BCUT2D eigenvalue weighted by atomic mass is 127. The van der Waals surface area contributed by atoms with E-state index in [9.17, 15) is 0 Å². The van der Waals surface area contributed by atoms with Crippen molar-refractivity contribution in [3.05, 3.63) is 27.8 Å². The van der Waals surface area contributed by atoms with Crippen molar-refractivity contribution >= 4 is 38.5 Å². The minimum atomic E-state index is 0.404. The zero-order chi connectivity index (χ0) is 10.7. The molecule has 1 saturated carbocycles. The minimum Gasteiger partial charge on any atom is -0.493 e. The molecule has 3 heteroatoms. The van der Waals surface area contributed by atoms with Crippen LogP contribution in [0.2, 0.25) is 0 Å². The molecule has 1 fully saturated rings. The SMILES string of the molecule is BrCC1(COc2cccc(I)c2)CCC1. The highest BCUT2D eigenvalue weighted by Crippen LogP contribution is 2.42. The predicted octanol–water partition coefficient (Wildman–Crippen LogP) is 4.24. The fraction of sp³-hybridized carbons (Fsp3) is 0.500. The maximum absolute atomic E-state index is 5.85. The number of hydrogen-bond acceptors (Lipinski definition) is 1. The molecule has 0 aromatic heterocycles. The minimum absolute atomic E-state index is 0.404. The molecule has 82 valence electrons. The van der Waals surface area contributed by atoms with Gasteiger partial charge in [0.25, 0.3) is 0 Å². The van der Waals surface area contributed by atoms with Crippen molar-refractivity contribution in [2.24, 2.45) is 5.41 Å². The van der Waals surface area contributed by atoms with Gasteiger partial charge in [-0.3, -0.25) is 0 Å². The van der Waals surface area contributed by atoms with Crippen molar-refractivity contribution in [2.45, 2.75) is 19.3 Å². The summed E-state index contributed by atoms with van der Waals surface area (Å²) in [5.74, 6) is 0.995. The van der Waals surface area contributed by atoms with E-state index < -0.39 is 0 Å². The lowest BCUT2D eigenvalue weighted by Gasteiger charge is -2.39. The molecule has 0 radical (unpaired) electrons. The Hall–Kier alpha value is 0.230. The van der Waals surface area contributed by atoms with Gasteiger partial charge in [0.2, 0.25) is 0 Å². The Kier molecular flexibility index (Phi) is 3.93. The number of benzene rings is 1. The average molecular weight is 381 g/mol. The monoisotopic (exact) mass is 380 g/mol. The maximum atomic E-state index is 5.85. The average Bonchev–Trinajstić information content (AvgIpc) is 2.17. The van der Waals surface area contributed by atoms with Gasteiger partial charge in [0, 0.05) is 14.3 Å². The molecule has 0 spiro atoms. The van der Waals surface area contributed by atoms with Gasteiger partial charge in [-0.05, 0) is 53.6 Å². The molecule has 0 aliphatic heterocycles. The Morgan fingerprint density at radius 3 is 2.73 bits per heavy atom. The molecular weight excluding hydrogens is 367 g/mol. The normalized spacial score (nSPS) is 18.3. The number of halogens is 2. The molecule has 1 nitrogen and oxygen atoms in total. The standard InChI is InChI=1S/C12H14BrIO/c13-8-12(5-2-6-12)9-15-11-4-1-3-10(14)7-11/h1,3-4,7H,2,5-6,8-9H2. The van der Waals surface area contributed by atoms with Gasteiger partial charge in [-0.15, -0.1) is 0 Å². The quantitative estimate of drug-likeness (QED) is 0.560. The van der Waals surface area contributed by atoms with Crippen molar-refractivity contribution in [3.63, 3.8) is 0 Å². The van der Waals surface area contributed by atoms with Crippen LogP contribution in [0.1, 0.15) is 19.3 Å². The van der Waals surface area contributed by atoms with Gasteiger partial charge >= 0.3 is 0 Å². The first-order valence-electron chi connectivity index (χ1n) is 5.18. The Balaban J connectivity index is 1.92. The van der Waals surface area contributed by atoms with Gasteiger partial charge < -0.3 is 4.74 Å². The Morgan fingerprint density at radius 2 is 2.20 bits per heavy atom. The van der Waals surface area contributed by atoms with E-state index in [-0.39, 0.29) is 0 Å². The van der Waals surface area contributed by atoms with Crippen LogP contribution in [0.3, 0.4) is 0 Å². The summed E-state index contributed by atoms with van der Waals surface area (Å²) in [6.07, 6.45) is 3.94. The van der Waals surface area contributed by atoms with E-state index in [1.54, 1.807) is 0 Å². The van der Waals surface area contributed by atoms with Crippen molar-refractivity contribution in [1.82, 2.24) is 0 Å². The summed E-state index contributed by atoms with van der Waals surface area (Å²) in [6.45, 7) is 0.846. The van der Waals surface area contributed by atoms with Crippen LogP contribution in [0.15, 0.2) is 24.3 Å². The van der Waals surface area contributed by atoms with E-state index >= 15 is 0 Å². The van der Waals surface area contributed by atoms with Crippen LogP contribution in [0.4, 0.5) is 0 Å². The van der Waals surface area contributed by atoms with Crippen LogP contribution in [-0.2, 0) is 0 Å². The summed E-state index contributed by atoms with van der Waals surface area (Å²) in [7, 11) is 0. The molecule has 0 atom stereocenters. The number of ether oxygens (including phenoxy) is 1. The van der Waals surface area contributed by atoms with E-state index in [1.807, 2.05) is 12.1 Å². The van der Waals surface area contributed by atoms with Gasteiger partial charge in [0.1, 0.15) is 5.75 Å². The van der Waals surface area contributed by atoms with Gasteiger partial charge in [0.15, 0.2) is 0 Å². The smallest absolute Gasteiger partial charge is 0.120 e. The molecule has 1 aromatic rings. The Labute approximate surface area is 113 Å². The van der Waals surface area contributed by atoms with Crippen LogP contribution < -0.4 is 4.74 Å². The van der Waals surface area contributed by atoms with Crippen molar-refractivity contribution in [1.29, 1.82) is 0 Å². The van der Waals surface area contributed by atoms with Crippen molar-refractivity contribution < 1.29 is 4.74 Å². The third-order valence-corrected chi connectivity index (χ3v) is 4.90. The van der Waals surface area contributed by atoms with E-state index in [4.69, 9.17) is 4.74 Å². The Morgan fingerprint density at radius 1 is 1.40 bits per heavy atom. The second kappa shape index (κ2) is 5.04. The first-order valence-corrected chi connectivity index (χ1v) is 7.38. The molecule has 0 saturated heterocycles. The molecule has 0 unspecified atom stereocenters. The van der Waals surface area contributed by atoms with Gasteiger partial charge in [-0.25, -0.2) is 0 Å². The second-order valence-electron chi connectivity index (χ2n) is 4.23. The van der Waals surface area contributed by atoms with Gasteiger partial charge in [-0.2, -0.15) is 0 Å². The highest BCUT2D eigenvalue weighted by molar-refractivity contribution is 14.1. The molecule has 0 bridgehead atoms. The van der Waals surface area contributed by atoms with Crippen LogP contribution in [0.5, 0.6) is 5.75 Å². The van der Waals surface area contributed by atoms with Gasteiger partial charge in [-0.1, -0.05) is 28.4 Å². The molecule has 0 amide bonds. The first kappa shape index (κ1) is 11.7. The van der Waals surface area contributed by atoms with E-state index in [0.717, 1.165) is 17.7 Å². The third kappa shape index (κ3) is 2.87. The van der Waals surface area contributed by atoms with Crippen LogP contribution in [0.25, 0.3) is 0 Å². The lowest BCUT2D eigenvalue weighted by Crippen LogP contribution is -2.37. The van der Waals surface area contributed by atoms with Crippen molar-refractivity contribution in [3.8, 4) is 5.75 Å². The lowest BCUT2D eigenvalue weighted by molar-refractivity contribution is 0.0838. The topological polar surface area (TPSA) is 9.23 Å². The second-order valence-corrected chi connectivity index (χ2v) is 6.04. The van der Waals surface area contributed by atoms with Gasteiger partial charge in [0.05, 0.1) is 6.61 Å².